The number of nitrogens with zero attached hydrogens (tertiary/aromatic N) is 1. The summed E-state index contributed by atoms with van der Waals surface area (Å²) in [7, 11) is 0. The molecule has 8 heteroatoms. The van der Waals surface area contributed by atoms with E-state index >= 15 is 0 Å². The van der Waals surface area contributed by atoms with E-state index in [1.807, 2.05) is 0 Å². The Morgan fingerprint density at radius 1 is 1.12 bits per heavy atom. The van der Waals surface area contributed by atoms with Gasteiger partial charge in [-0.25, -0.2) is 4.31 Å². The number of halogens is 6. The number of rotatable bonds is 3. The van der Waals surface area contributed by atoms with Crippen molar-refractivity contribution < 1.29 is 17.6 Å². The zero-order valence-electron chi connectivity index (χ0n) is 7.43. The van der Waals surface area contributed by atoms with Crippen LogP contribution in [0.3, 0.4) is 0 Å². The van der Waals surface area contributed by atoms with E-state index in [4.69, 9.17) is 23.2 Å². The minimum Gasteiger partial charge on any atom is -0.220 e. The van der Waals surface area contributed by atoms with Gasteiger partial charge in [0.1, 0.15) is 0 Å². The second kappa shape index (κ2) is 4.89. The Morgan fingerprint density at radius 3 is 2.00 bits per heavy atom. The van der Waals surface area contributed by atoms with E-state index in [1.54, 1.807) is 0 Å². The summed E-state index contributed by atoms with van der Waals surface area (Å²) in [5.74, 6) is 0. The van der Waals surface area contributed by atoms with Gasteiger partial charge in [0.05, 0.1) is 5.69 Å². The van der Waals surface area contributed by atoms with Crippen LogP contribution in [0.1, 0.15) is 0 Å². The normalized spacial score (nSPS) is 12.6. The molecule has 0 heterocycles. The van der Waals surface area contributed by atoms with Gasteiger partial charge in [0.2, 0.25) is 0 Å². The molecule has 1 nitrogen and oxygen atoms in total. The second-order valence-electron chi connectivity index (χ2n) is 2.56. The summed E-state index contributed by atoms with van der Waals surface area (Å²) in [6, 6.07) is 7.28. The fourth-order valence-corrected chi connectivity index (χ4v) is 1.82. The van der Waals surface area contributed by atoms with Gasteiger partial charge in [-0.15, -0.1) is 13.2 Å². The summed E-state index contributed by atoms with van der Waals surface area (Å²) in [6.45, 7) is 0. The molecule has 0 fully saturated rings. The average molecular weight is 293 g/mol. The topological polar surface area (TPSA) is 3.24 Å². The summed E-state index contributed by atoms with van der Waals surface area (Å²) in [6.07, 6.45) is -4.80. The third kappa shape index (κ3) is 4.27. The quantitative estimate of drug-likeness (QED) is 0.349. The zero-order chi connectivity index (χ0) is 12.4. The summed E-state index contributed by atoms with van der Waals surface area (Å²) in [4.78, 5) is 0. The molecule has 0 aliphatic rings. The van der Waals surface area contributed by atoms with E-state index in [0.29, 0.717) is 0 Å². The molecule has 0 aliphatic carbocycles. The minimum atomic E-state index is -4.80. The number of anilines is 1. The zero-order valence-corrected chi connectivity index (χ0v) is 9.76. The molecular formula is C8H4Cl2F4NS. The van der Waals surface area contributed by atoms with E-state index in [2.05, 4.69) is 6.07 Å². The van der Waals surface area contributed by atoms with Gasteiger partial charge in [-0.3, -0.25) is 0 Å². The highest BCUT2D eigenvalue weighted by Crippen LogP contribution is 2.45. The number of hydrogen-bond acceptors (Lipinski definition) is 2. The predicted octanol–water partition coefficient (Wildman–Crippen LogP) is 4.52. The van der Waals surface area contributed by atoms with Gasteiger partial charge < -0.3 is 0 Å². The van der Waals surface area contributed by atoms with Crippen LogP contribution < -0.4 is 4.31 Å². The van der Waals surface area contributed by atoms with Crippen LogP contribution in [0.25, 0.3) is 0 Å². The first kappa shape index (κ1) is 13.7. The minimum absolute atomic E-state index is 0.263. The molecule has 0 amide bonds. The Balaban J connectivity index is 2.98. The summed E-state index contributed by atoms with van der Waals surface area (Å²) in [5, 5.41) is 0. The van der Waals surface area contributed by atoms with Crippen LogP contribution in [-0.4, -0.2) is 10.2 Å². The van der Waals surface area contributed by atoms with Gasteiger partial charge in [-0.1, -0.05) is 35.3 Å². The van der Waals surface area contributed by atoms with Crippen molar-refractivity contribution in [2.75, 3.05) is 4.31 Å². The van der Waals surface area contributed by atoms with Gasteiger partial charge in [-0.05, 0) is 18.2 Å². The van der Waals surface area contributed by atoms with Crippen molar-refractivity contribution in [3.05, 3.63) is 30.3 Å². The standard InChI is InChI=1S/C8H4Cl2F4NS/c9-7(10,11)16-15(8(12,13)14)6-4-2-1-3-5-6/h2-5H. The molecule has 1 radical (unpaired) electrons. The molecule has 0 saturated heterocycles. The lowest BCUT2D eigenvalue weighted by Crippen LogP contribution is -2.34. The Kier molecular flexibility index (Phi) is 4.20. The fourth-order valence-electron chi connectivity index (χ4n) is 0.868. The molecule has 0 bridgehead atoms. The number of hydrogen-bond donors (Lipinski definition) is 0. The first-order valence-electron chi connectivity index (χ1n) is 3.79. The smallest absolute Gasteiger partial charge is 0.220 e. The third-order valence-corrected chi connectivity index (χ3v) is 2.58. The van der Waals surface area contributed by atoms with Gasteiger partial charge in [0, 0.05) is 11.9 Å². The molecule has 0 N–H and O–H groups in total. The maximum atomic E-state index is 12.8. The van der Waals surface area contributed by atoms with Crippen molar-refractivity contribution in [3.63, 3.8) is 0 Å². The maximum Gasteiger partial charge on any atom is 0.495 e. The highest BCUT2D eigenvalue weighted by molar-refractivity contribution is 8.04. The Labute approximate surface area is 103 Å². The molecule has 1 rings (SSSR count). The lowest BCUT2D eigenvalue weighted by molar-refractivity contribution is -0.114. The summed E-state index contributed by atoms with van der Waals surface area (Å²) in [5.41, 5.74) is -0.292. The molecule has 0 atom stereocenters. The van der Waals surface area contributed by atoms with Crippen molar-refractivity contribution in [3.8, 4) is 0 Å². The predicted molar refractivity (Wildman–Crippen MR) is 56.9 cm³/mol. The number of benzene rings is 1. The van der Waals surface area contributed by atoms with Gasteiger partial charge >= 0.3 is 10.2 Å². The maximum absolute atomic E-state index is 12.8. The number of alkyl halides is 6. The van der Waals surface area contributed by atoms with Gasteiger partial charge in [0.15, 0.2) is 0 Å². The summed E-state index contributed by atoms with van der Waals surface area (Å²) < 4.78 is 47.1. The molecule has 1 aromatic carbocycles. The molecule has 0 aliphatic heterocycles. The molecule has 1 aromatic rings. The molecule has 16 heavy (non-hydrogen) atoms. The second-order valence-corrected chi connectivity index (χ2v) is 5.35. The largest absolute Gasteiger partial charge is 0.495 e. The first-order chi connectivity index (χ1) is 7.20. The van der Waals surface area contributed by atoms with E-state index in [9.17, 15) is 17.6 Å². The van der Waals surface area contributed by atoms with Crippen LogP contribution in [0.15, 0.2) is 24.3 Å². The van der Waals surface area contributed by atoms with Gasteiger partial charge in [-0.2, -0.15) is 4.39 Å². The summed E-state index contributed by atoms with van der Waals surface area (Å²) >= 11 is 9.41. The van der Waals surface area contributed by atoms with Crippen LogP contribution >= 0.6 is 35.1 Å². The average Bonchev–Trinajstić information content (AvgIpc) is 2.13. The fraction of sp³-hybridized carbons (Fsp3) is 0.250. The van der Waals surface area contributed by atoms with Crippen molar-refractivity contribution in [1.82, 2.24) is 0 Å². The van der Waals surface area contributed by atoms with E-state index < -0.39 is 10.2 Å². The lowest BCUT2D eigenvalue weighted by Gasteiger charge is -2.27. The molecule has 0 spiro atoms. The molecule has 0 unspecified atom stereocenters. The van der Waals surface area contributed by atoms with Gasteiger partial charge in [0.25, 0.3) is 0 Å². The van der Waals surface area contributed by atoms with E-state index in [1.165, 1.54) is 12.1 Å². The van der Waals surface area contributed by atoms with Crippen LogP contribution in [0.4, 0.5) is 23.2 Å². The van der Waals surface area contributed by atoms with Crippen LogP contribution in [0.5, 0.6) is 0 Å². The van der Waals surface area contributed by atoms with E-state index in [0.717, 1.165) is 12.1 Å². The van der Waals surface area contributed by atoms with Crippen molar-refractivity contribution in [1.29, 1.82) is 0 Å². The van der Waals surface area contributed by atoms with Crippen LogP contribution in [0.2, 0.25) is 0 Å². The molecule has 0 aromatic heterocycles. The highest BCUT2D eigenvalue weighted by Gasteiger charge is 2.43. The third-order valence-electron chi connectivity index (χ3n) is 1.36. The molecular weight excluding hydrogens is 289 g/mol. The van der Waals surface area contributed by atoms with Crippen LogP contribution in [-0.2, 0) is 0 Å². The van der Waals surface area contributed by atoms with Crippen molar-refractivity contribution in [2.45, 2.75) is 10.2 Å². The highest BCUT2D eigenvalue weighted by atomic mass is 35.5. The molecule has 0 saturated carbocycles. The van der Waals surface area contributed by atoms with E-state index in [-0.39, 0.29) is 21.9 Å². The Morgan fingerprint density at radius 2 is 1.62 bits per heavy atom. The van der Waals surface area contributed by atoms with Crippen molar-refractivity contribution in [2.24, 2.45) is 0 Å². The SMILES string of the molecule is FC(Cl)(Cl)SN(c1cc[c]cc1)C(F)(F)F. The lowest BCUT2D eigenvalue weighted by atomic mass is 10.3. The van der Waals surface area contributed by atoms with Crippen molar-refractivity contribution >= 4 is 40.8 Å². The first-order valence-corrected chi connectivity index (χ1v) is 5.32. The molecule has 89 valence electrons. The van der Waals surface area contributed by atoms with Crippen LogP contribution in [0, 0.1) is 6.07 Å². The Hall–Kier alpha value is -0.330. The monoisotopic (exact) mass is 292 g/mol. The Bertz CT molecular complexity index is 338.